The van der Waals surface area contributed by atoms with Gasteiger partial charge in [0.05, 0.1) is 29.4 Å². The molecule has 4 N–H and O–H groups in total. The van der Waals surface area contributed by atoms with Crippen molar-refractivity contribution in [2.45, 2.75) is 30.5 Å². The van der Waals surface area contributed by atoms with Gasteiger partial charge < -0.3 is 25.4 Å². The van der Waals surface area contributed by atoms with Crippen LogP contribution >= 0.6 is 0 Å². The maximum absolute atomic E-state index is 11.1. The number of benzene rings is 2. The number of aliphatic hydroxyl groups is 2. The van der Waals surface area contributed by atoms with Crippen molar-refractivity contribution in [3.63, 3.8) is 0 Å². The first-order chi connectivity index (χ1) is 18.7. The Balaban J connectivity index is 1.32. The first kappa shape index (κ1) is 26.1. The van der Waals surface area contributed by atoms with Crippen LogP contribution < -0.4 is 5.73 Å². The number of ether oxygens (including phenoxy) is 2. The predicted molar refractivity (Wildman–Crippen MR) is 135 cm³/mol. The standard InChI is InChI=1S/C24H23N7O8/c25-22-19-23(27-11-26-22)29(12-28-19)24-21(33)20(32)18(39-24)10-38-9-17(13-1-5-15(6-2-13)30(34)35)14-3-7-16(8-4-14)31(36)37/h1-8,11-12,17-18,20-21,24,32-33H,9-10H2,(H2,25,26,27)/t18-,20-,21-,24-/m1/s1. The number of non-ortho nitro benzene ring substituents is 2. The van der Waals surface area contributed by atoms with E-state index in [2.05, 4.69) is 15.0 Å². The molecule has 1 aliphatic rings. The molecule has 39 heavy (non-hydrogen) atoms. The van der Waals surface area contributed by atoms with Gasteiger partial charge >= 0.3 is 0 Å². The Kier molecular flexibility index (Phi) is 7.12. The third kappa shape index (κ3) is 5.10. The smallest absolute Gasteiger partial charge is 0.269 e. The molecule has 4 atom stereocenters. The lowest BCUT2D eigenvalue weighted by Gasteiger charge is -2.20. The monoisotopic (exact) mass is 537 g/mol. The zero-order valence-corrected chi connectivity index (χ0v) is 20.2. The Morgan fingerprint density at radius 1 is 0.949 bits per heavy atom. The summed E-state index contributed by atoms with van der Waals surface area (Å²) in [5.41, 5.74) is 7.69. The first-order valence-electron chi connectivity index (χ1n) is 11.8. The van der Waals surface area contributed by atoms with Gasteiger partial charge in [0, 0.05) is 30.2 Å². The Morgan fingerprint density at radius 3 is 2.10 bits per heavy atom. The zero-order valence-electron chi connectivity index (χ0n) is 20.2. The Morgan fingerprint density at radius 2 is 1.54 bits per heavy atom. The number of imidazole rings is 1. The largest absolute Gasteiger partial charge is 0.387 e. The molecule has 202 valence electrons. The number of aliphatic hydroxyl groups excluding tert-OH is 2. The highest BCUT2D eigenvalue weighted by molar-refractivity contribution is 5.81. The summed E-state index contributed by atoms with van der Waals surface area (Å²) in [6.45, 7) is -0.0460. The van der Waals surface area contributed by atoms with Crippen molar-refractivity contribution >= 4 is 28.4 Å². The van der Waals surface area contributed by atoms with Gasteiger partial charge in [-0.1, -0.05) is 24.3 Å². The molecule has 1 saturated heterocycles. The second-order valence-corrected chi connectivity index (χ2v) is 8.92. The van der Waals surface area contributed by atoms with Crippen LogP contribution in [0.1, 0.15) is 23.3 Å². The average Bonchev–Trinajstić information content (AvgIpc) is 3.48. The molecular formula is C24H23N7O8. The van der Waals surface area contributed by atoms with Gasteiger partial charge in [0.25, 0.3) is 11.4 Å². The SMILES string of the molecule is Nc1ncnc2c1ncn2[C@@H]1O[C@H](COCC(c2ccc([N+](=O)[O-])cc2)c2ccc([N+](=O)[O-])cc2)[C@@H](O)[C@H]1O. The number of hydrogen-bond acceptors (Lipinski definition) is 12. The summed E-state index contributed by atoms with van der Waals surface area (Å²) >= 11 is 0. The molecule has 0 radical (unpaired) electrons. The van der Waals surface area contributed by atoms with Crippen molar-refractivity contribution in [2.24, 2.45) is 0 Å². The highest BCUT2D eigenvalue weighted by atomic mass is 16.6. The van der Waals surface area contributed by atoms with E-state index < -0.39 is 40.3 Å². The molecule has 0 spiro atoms. The summed E-state index contributed by atoms with van der Waals surface area (Å²) in [5.74, 6) is -0.279. The van der Waals surface area contributed by atoms with E-state index in [0.29, 0.717) is 22.3 Å². The molecular weight excluding hydrogens is 514 g/mol. The number of anilines is 1. The normalized spacial score (nSPS) is 21.0. The maximum Gasteiger partial charge on any atom is 0.269 e. The molecule has 0 bridgehead atoms. The van der Waals surface area contributed by atoms with E-state index >= 15 is 0 Å². The lowest BCUT2D eigenvalue weighted by Crippen LogP contribution is -2.34. The number of aromatic nitrogens is 4. The highest BCUT2D eigenvalue weighted by Crippen LogP contribution is 2.33. The van der Waals surface area contributed by atoms with Crippen LogP contribution in [0.15, 0.2) is 61.2 Å². The van der Waals surface area contributed by atoms with Gasteiger partial charge in [0.1, 0.15) is 30.2 Å². The van der Waals surface area contributed by atoms with E-state index in [1.54, 1.807) is 24.3 Å². The van der Waals surface area contributed by atoms with Crippen LogP contribution in [0, 0.1) is 20.2 Å². The van der Waals surface area contributed by atoms with E-state index in [-0.39, 0.29) is 30.4 Å². The lowest BCUT2D eigenvalue weighted by atomic mass is 9.91. The average molecular weight is 537 g/mol. The van der Waals surface area contributed by atoms with Crippen LogP contribution in [0.4, 0.5) is 17.2 Å². The fourth-order valence-corrected chi connectivity index (χ4v) is 4.50. The van der Waals surface area contributed by atoms with Gasteiger partial charge in [0.2, 0.25) is 0 Å². The summed E-state index contributed by atoms with van der Waals surface area (Å²) in [4.78, 5) is 33.3. The van der Waals surface area contributed by atoms with Crippen molar-refractivity contribution in [2.75, 3.05) is 18.9 Å². The number of fused-ring (bicyclic) bond motifs is 1. The number of nitro groups is 2. The van der Waals surface area contributed by atoms with Crippen molar-refractivity contribution in [3.05, 3.63) is 92.5 Å². The summed E-state index contributed by atoms with van der Waals surface area (Å²) in [5, 5.41) is 43.5. The van der Waals surface area contributed by atoms with Crippen LogP contribution in [0.25, 0.3) is 11.2 Å². The predicted octanol–water partition coefficient (Wildman–Crippen LogP) is 1.69. The molecule has 15 heteroatoms. The van der Waals surface area contributed by atoms with Crippen molar-refractivity contribution in [1.29, 1.82) is 0 Å². The molecule has 4 aromatic rings. The van der Waals surface area contributed by atoms with Gasteiger partial charge in [0.15, 0.2) is 17.7 Å². The van der Waals surface area contributed by atoms with Crippen molar-refractivity contribution in [3.8, 4) is 0 Å². The minimum absolute atomic E-state index is 0.0563. The van der Waals surface area contributed by atoms with E-state index in [1.165, 1.54) is 41.5 Å². The highest BCUT2D eigenvalue weighted by Gasteiger charge is 2.44. The van der Waals surface area contributed by atoms with Gasteiger partial charge in [-0.05, 0) is 11.1 Å². The summed E-state index contributed by atoms with van der Waals surface area (Å²) < 4.78 is 13.3. The number of nitrogens with two attached hydrogens (primary N) is 1. The van der Waals surface area contributed by atoms with E-state index in [4.69, 9.17) is 15.2 Å². The second kappa shape index (κ2) is 10.7. The molecule has 15 nitrogen and oxygen atoms in total. The van der Waals surface area contributed by atoms with Gasteiger partial charge in [-0.3, -0.25) is 24.8 Å². The van der Waals surface area contributed by atoms with Crippen LogP contribution in [0.3, 0.4) is 0 Å². The lowest BCUT2D eigenvalue weighted by molar-refractivity contribution is -0.385. The third-order valence-electron chi connectivity index (χ3n) is 6.58. The number of rotatable bonds is 9. The quantitative estimate of drug-likeness (QED) is 0.205. The molecule has 0 unspecified atom stereocenters. The Labute approximate surface area is 219 Å². The minimum atomic E-state index is -1.31. The van der Waals surface area contributed by atoms with Crippen molar-refractivity contribution in [1.82, 2.24) is 19.5 Å². The molecule has 1 fully saturated rings. The summed E-state index contributed by atoms with van der Waals surface area (Å²) in [6, 6.07) is 11.8. The van der Waals surface area contributed by atoms with Crippen LogP contribution in [-0.2, 0) is 9.47 Å². The molecule has 0 amide bonds. The van der Waals surface area contributed by atoms with Crippen molar-refractivity contribution < 1.29 is 29.5 Å². The third-order valence-corrected chi connectivity index (χ3v) is 6.58. The van der Waals surface area contributed by atoms with Gasteiger partial charge in [-0.25, -0.2) is 15.0 Å². The molecule has 5 rings (SSSR count). The number of hydrogen-bond donors (Lipinski definition) is 3. The molecule has 3 heterocycles. The van der Waals surface area contributed by atoms with E-state index in [9.17, 15) is 30.4 Å². The molecule has 2 aromatic heterocycles. The fraction of sp³-hybridized carbons (Fsp3) is 0.292. The maximum atomic E-state index is 11.1. The van der Waals surface area contributed by atoms with Gasteiger partial charge in [-0.15, -0.1) is 0 Å². The second-order valence-electron chi connectivity index (χ2n) is 8.92. The minimum Gasteiger partial charge on any atom is -0.387 e. The molecule has 1 aliphatic heterocycles. The molecule has 0 saturated carbocycles. The summed E-state index contributed by atoms with van der Waals surface area (Å²) in [7, 11) is 0. The van der Waals surface area contributed by atoms with Crippen LogP contribution in [-0.4, -0.2) is 71.1 Å². The fourth-order valence-electron chi connectivity index (χ4n) is 4.50. The summed E-state index contributed by atoms with van der Waals surface area (Å²) in [6.07, 6.45) is -1.87. The zero-order chi connectivity index (χ0) is 27.7. The number of nitro benzene ring substituents is 2. The van der Waals surface area contributed by atoms with Crippen LogP contribution in [0.2, 0.25) is 0 Å². The molecule has 0 aliphatic carbocycles. The van der Waals surface area contributed by atoms with Gasteiger partial charge in [-0.2, -0.15) is 0 Å². The number of nitrogen functional groups attached to an aromatic ring is 1. The Bertz CT molecular complexity index is 1440. The van der Waals surface area contributed by atoms with Crippen LogP contribution in [0.5, 0.6) is 0 Å². The van der Waals surface area contributed by atoms with E-state index in [1.807, 2.05) is 0 Å². The first-order valence-corrected chi connectivity index (χ1v) is 11.8. The molecule has 2 aromatic carbocycles. The number of nitrogens with zero attached hydrogens (tertiary/aromatic N) is 6. The Hall–Kier alpha value is -4.57. The van der Waals surface area contributed by atoms with E-state index in [0.717, 1.165) is 0 Å². The topological polar surface area (TPSA) is 215 Å².